The largest absolute Gasteiger partial charge is 0.343 e. The van der Waals surface area contributed by atoms with Gasteiger partial charge in [-0.15, -0.1) is 6.58 Å². The molecular weight excluding hydrogens is 313 g/mol. The summed E-state index contributed by atoms with van der Waals surface area (Å²) in [6, 6.07) is 9.73. The lowest BCUT2D eigenvalue weighted by Crippen LogP contribution is -2.30. The Hall–Kier alpha value is -1.42. The number of likely N-dealkylation sites (tertiary alicyclic amines) is 1. The standard InChI is InChI=1S/C17H24NO4P/c1-4-15-13-18(12-14-10-8-7-9-11-14)17(19)16(15)23(20,21-5-2)22-6-3/h4,7-11,15-16H,1,5-6,12-13H2,2-3H3/t15-,16+/m1/s1. The topological polar surface area (TPSA) is 55.8 Å². The molecule has 0 aromatic heterocycles. The molecule has 2 atom stereocenters. The predicted molar refractivity (Wildman–Crippen MR) is 90.2 cm³/mol. The molecule has 0 N–H and O–H groups in total. The fourth-order valence-corrected chi connectivity index (χ4v) is 5.13. The van der Waals surface area contributed by atoms with Gasteiger partial charge in [-0.2, -0.15) is 0 Å². The molecule has 0 spiro atoms. The Morgan fingerprint density at radius 3 is 2.39 bits per heavy atom. The van der Waals surface area contributed by atoms with Gasteiger partial charge in [-0.05, 0) is 19.4 Å². The fourth-order valence-electron chi connectivity index (χ4n) is 2.89. The van der Waals surface area contributed by atoms with Gasteiger partial charge in [-0.3, -0.25) is 9.36 Å². The Bertz CT molecular complexity index is 580. The molecule has 5 nitrogen and oxygen atoms in total. The van der Waals surface area contributed by atoms with Crippen molar-refractivity contribution in [3.05, 3.63) is 48.6 Å². The van der Waals surface area contributed by atoms with Crippen molar-refractivity contribution in [3.8, 4) is 0 Å². The SMILES string of the molecule is C=C[C@@H]1CN(Cc2ccccc2)C(=O)[C@H]1P(=O)(OCC)OCC. The lowest BCUT2D eigenvalue weighted by Gasteiger charge is -2.24. The van der Waals surface area contributed by atoms with Crippen molar-refractivity contribution in [3.63, 3.8) is 0 Å². The molecule has 0 aliphatic carbocycles. The Morgan fingerprint density at radius 1 is 1.26 bits per heavy atom. The van der Waals surface area contributed by atoms with Crippen molar-refractivity contribution in [2.75, 3.05) is 19.8 Å². The monoisotopic (exact) mass is 337 g/mol. The highest BCUT2D eigenvalue weighted by molar-refractivity contribution is 7.55. The minimum Gasteiger partial charge on any atom is -0.337 e. The van der Waals surface area contributed by atoms with Crippen molar-refractivity contribution in [1.82, 2.24) is 4.90 Å². The van der Waals surface area contributed by atoms with Crippen molar-refractivity contribution >= 4 is 13.5 Å². The van der Waals surface area contributed by atoms with E-state index in [-0.39, 0.29) is 25.0 Å². The lowest BCUT2D eigenvalue weighted by molar-refractivity contribution is -0.128. The van der Waals surface area contributed by atoms with Gasteiger partial charge in [0.2, 0.25) is 5.91 Å². The second kappa shape index (κ2) is 7.91. The fraction of sp³-hybridized carbons (Fsp3) is 0.471. The predicted octanol–water partition coefficient (Wildman–Crippen LogP) is 3.47. The number of hydrogen-bond acceptors (Lipinski definition) is 4. The molecule has 1 heterocycles. The minimum absolute atomic E-state index is 0.191. The Morgan fingerprint density at radius 2 is 1.87 bits per heavy atom. The summed E-state index contributed by atoms with van der Waals surface area (Å²) in [7, 11) is -3.50. The van der Waals surface area contributed by atoms with Crippen LogP contribution in [-0.2, 0) is 25.0 Å². The maximum atomic E-state index is 13.1. The molecule has 0 unspecified atom stereocenters. The number of benzene rings is 1. The van der Waals surface area contributed by atoms with E-state index in [1.807, 2.05) is 30.3 Å². The first-order valence-electron chi connectivity index (χ1n) is 7.89. The van der Waals surface area contributed by atoms with E-state index in [0.29, 0.717) is 13.1 Å². The summed E-state index contributed by atoms with van der Waals surface area (Å²) in [5.74, 6) is -0.431. The van der Waals surface area contributed by atoms with Gasteiger partial charge in [0, 0.05) is 19.0 Å². The summed E-state index contributed by atoms with van der Waals surface area (Å²) in [6.45, 7) is 8.73. The molecule has 1 aromatic rings. The van der Waals surface area contributed by atoms with Gasteiger partial charge in [0.05, 0.1) is 13.2 Å². The first-order valence-corrected chi connectivity index (χ1v) is 9.51. The Labute approximate surface area is 137 Å². The third-order valence-corrected chi connectivity index (χ3v) is 6.40. The highest BCUT2D eigenvalue weighted by Gasteiger charge is 2.51. The van der Waals surface area contributed by atoms with E-state index < -0.39 is 13.3 Å². The molecule has 6 heteroatoms. The van der Waals surface area contributed by atoms with Crippen LogP contribution in [0.4, 0.5) is 0 Å². The zero-order valence-corrected chi connectivity index (χ0v) is 14.6. The zero-order valence-electron chi connectivity index (χ0n) is 13.7. The number of hydrogen-bond donors (Lipinski definition) is 0. The van der Waals surface area contributed by atoms with Crippen LogP contribution >= 0.6 is 7.60 Å². The number of carbonyl (C=O) groups is 1. The van der Waals surface area contributed by atoms with E-state index in [9.17, 15) is 9.36 Å². The van der Waals surface area contributed by atoms with Crippen molar-refractivity contribution < 1.29 is 18.4 Å². The van der Waals surface area contributed by atoms with Crippen molar-refractivity contribution in [2.45, 2.75) is 26.1 Å². The smallest absolute Gasteiger partial charge is 0.337 e. The van der Waals surface area contributed by atoms with E-state index >= 15 is 0 Å². The maximum Gasteiger partial charge on any atom is 0.343 e. The number of carbonyl (C=O) groups excluding carboxylic acids is 1. The minimum atomic E-state index is -3.50. The quantitative estimate of drug-likeness (QED) is 0.538. The van der Waals surface area contributed by atoms with Crippen LogP contribution < -0.4 is 0 Å². The van der Waals surface area contributed by atoms with Gasteiger partial charge in [0.25, 0.3) is 0 Å². The van der Waals surface area contributed by atoms with E-state index in [4.69, 9.17) is 9.05 Å². The van der Waals surface area contributed by atoms with Crippen molar-refractivity contribution in [2.24, 2.45) is 5.92 Å². The van der Waals surface area contributed by atoms with Crippen molar-refractivity contribution in [1.29, 1.82) is 0 Å². The summed E-state index contributed by atoms with van der Waals surface area (Å²) < 4.78 is 23.8. The molecule has 1 saturated heterocycles. The van der Waals surface area contributed by atoms with E-state index in [2.05, 4.69) is 6.58 Å². The normalized spacial score (nSPS) is 21.7. The molecular formula is C17H24NO4P. The van der Waals surface area contributed by atoms with Crippen LogP contribution in [0.5, 0.6) is 0 Å². The van der Waals surface area contributed by atoms with Gasteiger partial charge in [-0.1, -0.05) is 36.4 Å². The van der Waals surface area contributed by atoms with Crippen LogP contribution in [0.25, 0.3) is 0 Å². The van der Waals surface area contributed by atoms with Crippen LogP contribution in [-0.4, -0.2) is 36.2 Å². The summed E-state index contributed by atoms with van der Waals surface area (Å²) in [5.41, 5.74) is 0.232. The molecule has 0 saturated carbocycles. The van der Waals surface area contributed by atoms with Crippen LogP contribution in [0.3, 0.4) is 0 Å². The number of nitrogens with zero attached hydrogens (tertiary/aromatic N) is 1. The van der Waals surface area contributed by atoms with Gasteiger partial charge in [-0.25, -0.2) is 0 Å². The number of rotatable bonds is 8. The Balaban J connectivity index is 2.24. The lowest BCUT2D eigenvalue weighted by atomic mass is 10.1. The molecule has 0 bridgehead atoms. The van der Waals surface area contributed by atoms with Crippen LogP contribution in [0.2, 0.25) is 0 Å². The second-order valence-electron chi connectivity index (χ2n) is 5.42. The summed E-state index contributed by atoms with van der Waals surface area (Å²) in [5, 5.41) is 0. The molecule has 1 aliphatic heterocycles. The van der Waals surface area contributed by atoms with Crippen LogP contribution in [0.15, 0.2) is 43.0 Å². The molecule has 23 heavy (non-hydrogen) atoms. The second-order valence-corrected chi connectivity index (χ2v) is 7.58. The Kier molecular flexibility index (Phi) is 6.17. The van der Waals surface area contributed by atoms with Gasteiger partial charge in [0.1, 0.15) is 5.66 Å². The molecule has 1 amide bonds. The highest BCUT2D eigenvalue weighted by Crippen LogP contribution is 2.58. The van der Waals surface area contributed by atoms with Gasteiger partial charge < -0.3 is 13.9 Å². The van der Waals surface area contributed by atoms with Crippen LogP contribution in [0, 0.1) is 5.92 Å². The third kappa shape index (κ3) is 3.92. The van der Waals surface area contributed by atoms with Gasteiger partial charge >= 0.3 is 7.60 Å². The van der Waals surface area contributed by atoms with E-state index in [0.717, 1.165) is 5.56 Å². The average molecular weight is 337 g/mol. The molecule has 1 aliphatic rings. The molecule has 1 aromatic carbocycles. The van der Waals surface area contributed by atoms with E-state index in [1.165, 1.54) is 0 Å². The molecule has 0 radical (unpaired) electrons. The first kappa shape index (κ1) is 17.9. The maximum absolute atomic E-state index is 13.1. The highest BCUT2D eigenvalue weighted by atomic mass is 31.2. The molecule has 126 valence electrons. The van der Waals surface area contributed by atoms with Gasteiger partial charge in [0.15, 0.2) is 0 Å². The first-order chi connectivity index (χ1) is 11.1. The summed E-state index contributed by atoms with van der Waals surface area (Å²) in [4.78, 5) is 14.5. The zero-order chi connectivity index (χ0) is 16.9. The summed E-state index contributed by atoms with van der Waals surface area (Å²) in [6.07, 6.45) is 1.68. The van der Waals surface area contributed by atoms with E-state index in [1.54, 1.807) is 24.8 Å². The molecule has 2 rings (SSSR count). The number of amides is 1. The van der Waals surface area contributed by atoms with Crippen LogP contribution in [0.1, 0.15) is 19.4 Å². The summed E-state index contributed by atoms with van der Waals surface area (Å²) >= 11 is 0. The molecule has 1 fully saturated rings. The average Bonchev–Trinajstić information content (AvgIpc) is 2.85. The third-order valence-electron chi connectivity index (χ3n) is 3.88.